The van der Waals surface area contributed by atoms with Crippen molar-refractivity contribution in [1.82, 2.24) is 4.98 Å². The Morgan fingerprint density at radius 3 is 2.86 bits per heavy atom. The van der Waals surface area contributed by atoms with Gasteiger partial charge in [0.1, 0.15) is 16.8 Å². The number of aromatic nitrogens is 1. The Bertz CT molecular complexity index is 867. The fourth-order valence-corrected chi connectivity index (χ4v) is 3.07. The first kappa shape index (κ1) is 14.3. The van der Waals surface area contributed by atoms with Crippen LogP contribution in [0.5, 0.6) is 0 Å². The molecule has 0 unspecified atom stereocenters. The zero-order chi connectivity index (χ0) is 15.5. The second-order valence-electron chi connectivity index (χ2n) is 5.04. The fourth-order valence-electron chi connectivity index (χ4n) is 2.28. The Morgan fingerprint density at radius 2 is 2.18 bits per heavy atom. The van der Waals surface area contributed by atoms with Crippen LogP contribution in [0.25, 0.3) is 22.9 Å². The predicted octanol–water partition coefficient (Wildman–Crippen LogP) is 5.08. The first-order chi connectivity index (χ1) is 10.7. The SMILES string of the molecule is Cc1ccc(-c2csc(/C(C#N)=C/c3ccco3)n2)c(C)c1. The van der Waals surface area contributed by atoms with E-state index in [4.69, 9.17) is 4.42 Å². The predicted molar refractivity (Wildman–Crippen MR) is 89.2 cm³/mol. The van der Waals surface area contributed by atoms with Crippen molar-refractivity contribution in [2.75, 3.05) is 0 Å². The highest BCUT2D eigenvalue weighted by Crippen LogP contribution is 2.29. The number of furan rings is 1. The Hall–Kier alpha value is -2.64. The molecule has 0 aliphatic rings. The first-order valence-corrected chi connectivity index (χ1v) is 7.74. The number of benzene rings is 1. The minimum absolute atomic E-state index is 0.510. The monoisotopic (exact) mass is 306 g/mol. The normalized spacial score (nSPS) is 11.4. The summed E-state index contributed by atoms with van der Waals surface area (Å²) in [5.41, 5.74) is 4.93. The number of nitriles is 1. The zero-order valence-corrected chi connectivity index (χ0v) is 13.1. The molecule has 108 valence electrons. The van der Waals surface area contributed by atoms with Gasteiger partial charge in [-0.05, 0) is 31.5 Å². The van der Waals surface area contributed by atoms with Crippen molar-refractivity contribution in [2.24, 2.45) is 0 Å². The van der Waals surface area contributed by atoms with Crippen LogP contribution in [0.15, 0.2) is 46.4 Å². The lowest BCUT2D eigenvalue weighted by atomic mass is 10.0. The Balaban J connectivity index is 1.98. The minimum atomic E-state index is 0.510. The number of nitrogens with zero attached hydrogens (tertiary/aromatic N) is 2. The first-order valence-electron chi connectivity index (χ1n) is 6.86. The van der Waals surface area contributed by atoms with Crippen LogP contribution in [0, 0.1) is 25.2 Å². The number of allylic oxidation sites excluding steroid dienone is 1. The van der Waals surface area contributed by atoms with E-state index >= 15 is 0 Å². The molecule has 0 bridgehead atoms. The molecule has 4 heteroatoms. The van der Waals surface area contributed by atoms with Gasteiger partial charge in [-0.25, -0.2) is 4.98 Å². The summed E-state index contributed by atoms with van der Waals surface area (Å²) in [6, 6.07) is 12.1. The van der Waals surface area contributed by atoms with Crippen molar-refractivity contribution >= 4 is 23.0 Å². The summed E-state index contributed by atoms with van der Waals surface area (Å²) in [4.78, 5) is 4.61. The molecule has 2 heterocycles. The van der Waals surface area contributed by atoms with Crippen molar-refractivity contribution in [3.05, 3.63) is 63.9 Å². The molecular formula is C18H14N2OS. The topological polar surface area (TPSA) is 49.8 Å². The maximum Gasteiger partial charge on any atom is 0.134 e. The lowest BCUT2D eigenvalue weighted by molar-refractivity contribution is 0.557. The second-order valence-corrected chi connectivity index (χ2v) is 5.90. The van der Waals surface area contributed by atoms with Crippen molar-refractivity contribution in [2.45, 2.75) is 13.8 Å². The quantitative estimate of drug-likeness (QED) is 0.634. The van der Waals surface area contributed by atoms with Crippen LogP contribution in [0.3, 0.4) is 0 Å². The summed E-state index contributed by atoms with van der Waals surface area (Å²) in [7, 11) is 0. The molecule has 0 atom stereocenters. The molecule has 0 N–H and O–H groups in total. The van der Waals surface area contributed by atoms with Crippen molar-refractivity contribution in [1.29, 1.82) is 5.26 Å². The molecule has 0 aliphatic heterocycles. The number of hydrogen-bond acceptors (Lipinski definition) is 4. The molecule has 0 saturated carbocycles. The molecule has 0 aliphatic carbocycles. The summed E-state index contributed by atoms with van der Waals surface area (Å²) in [5, 5.41) is 12.0. The summed E-state index contributed by atoms with van der Waals surface area (Å²) >= 11 is 1.47. The Morgan fingerprint density at radius 1 is 1.32 bits per heavy atom. The van der Waals surface area contributed by atoms with E-state index in [1.165, 1.54) is 22.5 Å². The maximum absolute atomic E-state index is 9.36. The molecule has 3 rings (SSSR count). The fraction of sp³-hybridized carbons (Fsp3) is 0.111. The van der Waals surface area contributed by atoms with E-state index in [0.29, 0.717) is 16.3 Å². The van der Waals surface area contributed by atoms with E-state index in [9.17, 15) is 5.26 Å². The summed E-state index contributed by atoms with van der Waals surface area (Å²) in [6.45, 7) is 4.15. The largest absolute Gasteiger partial charge is 0.465 e. The van der Waals surface area contributed by atoms with Crippen LogP contribution in [0.4, 0.5) is 0 Å². The van der Waals surface area contributed by atoms with Crippen LogP contribution >= 0.6 is 11.3 Å². The highest BCUT2D eigenvalue weighted by Gasteiger charge is 2.11. The highest BCUT2D eigenvalue weighted by atomic mass is 32.1. The van der Waals surface area contributed by atoms with Gasteiger partial charge in [-0.3, -0.25) is 0 Å². The van der Waals surface area contributed by atoms with E-state index in [1.807, 2.05) is 11.4 Å². The summed E-state index contributed by atoms with van der Waals surface area (Å²) in [5.74, 6) is 0.653. The number of hydrogen-bond donors (Lipinski definition) is 0. The number of aryl methyl sites for hydroxylation is 2. The van der Waals surface area contributed by atoms with E-state index < -0.39 is 0 Å². The standard InChI is InChI=1S/C18H14N2OS/c1-12-5-6-16(13(2)8-12)17-11-22-18(20-17)14(10-19)9-15-4-3-7-21-15/h3-9,11H,1-2H3/b14-9+. The van der Waals surface area contributed by atoms with Crippen LogP contribution in [-0.4, -0.2) is 4.98 Å². The van der Waals surface area contributed by atoms with Crippen molar-refractivity contribution in [3.63, 3.8) is 0 Å². The number of thiazole rings is 1. The van der Waals surface area contributed by atoms with Crippen molar-refractivity contribution < 1.29 is 4.42 Å². The maximum atomic E-state index is 9.36. The molecule has 22 heavy (non-hydrogen) atoms. The summed E-state index contributed by atoms with van der Waals surface area (Å²) in [6.07, 6.45) is 3.30. The molecule has 0 amide bonds. The van der Waals surface area contributed by atoms with Gasteiger partial charge in [0, 0.05) is 17.0 Å². The average Bonchev–Trinajstić information content (AvgIpc) is 3.16. The van der Waals surface area contributed by atoms with Gasteiger partial charge in [0.25, 0.3) is 0 Å². The third kappa shape index (κ3) is 2.85. The van der Waals surface area contributed by atoms with Gasteiger partial charge in [-0.15, -0.1) is 11.3 Å². The van der Waals surface area contributed by atoms with E-state index in [0.717, 1.165) is 11.3 Å². The van der Waals surface area contributed by atoms with Crippen LogP contribution in [-0.2, 0) is 0 Å². The van der Waals surface area contributed by atoms with Gasteiger partial charge >= 0.3 is 0 Å². The zero-order valence-electron chi connectivity index (χ0n) is 12.3. The third-order valence-electron chi connectivity index (χ3n) is 3.34. The van der Waals surface area contributed by atoms with Crippen molar-refractivity contribution in [3.8, 4) is 17.3 Å². The molecule has 1 aromatic carbocycles. The minimum Gasteiger partial charge on any atom is -0.465 e. The van der Waals surface area contributed by atoms with Gasteiger partial charge in [-0.2, -0.15) is 5.26 Å². The smallest absolute Gasteiger partial charge is 0.134 e. The average molecular weight is 306 g/mol. The second kappa shape index (κ2) is 6.00. The van der Waals surface area contributed by atoms with Gasteiger partial charge in [0.15, 0.2) is 0 Å². The molecule has 3 nitrogen and oxygen atoms in total. The van der Waals surface area contributed by atoms with Crippen LogP contribution < -0.4 is 0 Å². The Kier molecular flexibility index (Phi) is 3.90. The summed E-state index contributed by atoms with van der Waals surface area (Å²) < 4.78 is 5.26. The highest BCUT2D eigenvalue weighted by molar-refractivity contribution is 7.11. The van der Waals surface area contributed by atoms with Gasteiger partial charge in [-0.1, -0.05) is 23.8 Å². The molecular weight excluding hydrogens is 292 g/mol. The third-order valence-corrected chi connectivity index (χ3v) is 4.22. The van der Waals surface area contributed by atoms with Gasteiger partial charge in [0.2, 0.25) is 0 Å². The molecule has 3 aromatic rings. The van der Waals surface area contributed by atoms with Gasteiger partial charge < -0.3 is 4.42 Å². The Labute approximate surface area is 133 Å². The molecule has 0 saturated heterocycles. The molecule has 2 aromatic heterocycles. The lowest BCUT2D eigenvalue weighted by Gasteiger charge is -2.03. The van der Waals surface area contributed by atoms with E-state index in [-0.39, 0.29) is 0 Å². The van der Waals surface area contributed by atoms with E-state index in [1.54, 1.807) is 18.4 Å². The van der Waals surface area contributed by atoms with Gasteiger partial charge in [0.05, 0.1) is 17.5 Å². The molecule has 0 radical (unpaired) electrons. The van der Waals surface area contributed by atoms with E-state index in [2.05, 4.69) is 43.1 Å². The van der Waals surface area contributed by atoms with Crippen LogP contribution in [0.2, 0.25) is 0 Å². The van der Waals surface area contributed by atoms with Crippen LogP contribution in [0.1, 0.15) is 21.9 Å². The molecule has 0 spiro atoms. The molecule has 0 fully saturated rings. The number of rotatable bonds is 3. The lowest BCUT2D eigenvalue weighted by Crippen LogP contribution is -1.86.